The first-order valence-electron chi connectivity index (χ1n) is 16.5. The molecule has 2 unspecified atom stereocenters. The molecule has 4 heteroatoms. The van der Waals surface area contributed by atoms with Crippen molar-refractivity contribution in [2.75, 3.05) is 25.1 Å². The number of ether oxygens (including phenoxy) is 1. The van der Waals surface area contributed by atoms with E-state index in [9.17, 15) is 0 Å². The zero-order valence-electron chi connectivity index (χ0n) is 29.0. The van der Waals surface area contributed by atoms with E-state index in [-0.39, 0.29) is 0 Å². The molecule has 0 aliphatic carbocycles. The van der Waals surface area contributed by atoms with E-state index in [0.29, 0.717) is 18.5 Å². The van der Waals surface area contributed by atoms with Gasteiger partial charge in [0.25, 0.3) is 0 Å². The first-order valence-corrected chi connectivity index (χ1v) is 16.5. The van der Waals surface area contributed by atoms with Gasteiger partial charge in [0.05, 0.1) is 19.3 Å². The molecule has 0 spiro atoms. The van der Waals surface area contributed by atoms with Gasteiger partial charge in [-0.05, 0) is 112 Å². The maximum Gasteiger partial charge on any atom is 0.128 e. The molecular weight excluding hydrogens is 562 g/mol. The number of methoxy groups -OCH3 is 1. The van der Waals surface area contributed by atoms with Gasteiger partial charge in [0.15, 0.2) is 0 Å². The molecule has 0 bridgehead atoms. The molecule has 1 aromatic heterocycles. The predicted molar refractivity (Wildman–Crippen MR) is 198 cm³/mol. The summed E-state index contributed by atoms with van der Waals surface area (Å²) in [6.45, 7) is 24.8. The lowest BCUT2D eigenvalue weighted by atomic mass is 9.90. The molecule has 4 nitrogen and oxygen atoms in total. The van der Waals surface area contributed by atoms with Gasteiger partial charge in [-0.2, -0.15) is 0 Å². The van der Waals surface area contributed by atoms with Crippen LogP contribution in [0.2, 0.25) is 0 Å². The lowest BCUT2D eigenvalue weighted by molar-refractivity contribution is 0.276. The van der Waals surface area contributed by atoms with E-state index in [1.807, 2.05) is 0 Å². The molecule has 2 aromatic carbocycles. The highest BCUT2D eigenvalue weighted by Crippen LogP contribution is 2.42. The van der Waals surface area contributed by atoms with Gasteiger partial charge >= 0.3 is 0 Å². The van der Waals surface area contributed by atoms with Crippen molar-refractivity contribution in [3.63, 3.8) is 0 Å². The van der Waals surface area contributed by atoms with E-state index < -0.39 is 0 Å². The maximum absolute atomic E-state index is 5.97. The fraction of sp³-hybridized carbons (Fsp3) is 0.357. The summed E-state index contributed by atoms with van der Waals surface area (Å²) in [4.78, 5) is 10.2. The molecule has 3 aromatic rings. The number of nitrogens with zero attached hydrogens (tertiary/aromatic N) is 3. The lowest BCUT2D eigenvalue weighted by Gasteiger charge is -2.33. The van der Waals surface area contributed by atoms with Gasteiger partial charge in [-0.1, -0.05) is 62.1 Å². The summed E-state index contributed by atoms with van der Waals surface area (Å²) in [5, 5.41) is 0. The fourth-order valence-corrected chi connectivity index (χ4v) is 6.67. The van der Waals surface area contributed by atoms with Crippen molar-refractivity contribution in [1.82, 2.24) is 9.88 Å². The summed E-state index contributed by atoms with van der Waals surface area (Å²) in [5.41, 5.74) is 13.1. The van der Waals surface area contributed by atoms with Gasteiger partial charge in [-0.15, -0.1) is 12.8 Å². The molecule has 2 aliphatic rings. The second-order valence-corrected chi connectivity index (χ2v) is 12.7. The van der Waals surface area contributed by atoms with Gasteiger partial charge in [-0.25, -0.2) is 4.98 Å². The Bertz CT molecular complexity index is 1670. The molecule has 2 fully saturated rings. The van der Waals surface area contributed by atoms with E-state index in [0.717, 1.165) is 59.9 Å². The number of pyridine rings is 1. The van der Waals surface area contributed by atoms with Crippen molar-refractivity contribution in [3.8, 4) is 40.9 Å². The van der Waals surface area contributed by atoms with Crippen LogP contribution in [0.1, 0.15) is 70.7 Å². The summed E-state index contributed by atoms with van der Waals surface area (Å²) in [6.07, 6.45) is 15.7. The molecule has 0 radical (unpaired) electrons. The number of hydrogen-bond donors (Lipinski definition) is 0. The van der Waals surface area contributed by atoms with Crippen LogP contribution in [0.5, 0.6) is 5.75 Å². The molecule has 3 heterocycles. The summed E-state index contributed by atoms with van der Waals surface area (Å²) in [5.74, 6) is 2.32. The van der Waals surface area contributed by atoms with E-state index in [4.69, 9.17) is 9.72 Å². The van der Waals surface area contributed by atoms with Crippen LogP contribution < -0.4 is 9.64 Å². The Morgan fingerprint density at radius 1 is 1.04 bits per heavy atom. The number of hydrogen-bond acceptors (Lipinski definition) is 4. The van der Waals surface area contributed by atoms with Crippen LogP contribution in [0.25, 0.3) is 27.8 Å². The fourth-order valence-electron chi connectivity index (χ4n) is 6.67. The zero-order chi connectivity index (χ0) is 33.5. The van der Waals surface area contributed by atoms with Gasteiger partial charge in [0.1, 0.15) is 11.6 Å². The SMILES string of the molecule is C#C.C=C(CC)c1ccc(-c2ccc(OC)c(-c3ccc(N4CCC4)nc3CN3C(=C)CC(/C(C=C(C)C)=C/C)C3C)c2)c(C)c1. The minimum absolute atomic E-state index is 0.318. The van der Waals surface area contributed by atoms with Crippen LogP contribution in [-0.2, 0) is 6.54 Å². The number of terminal acetylenes is 1. The number of allylic oxidation sites excluding steroid dienone is 5. The zero-order valence-corrected chi connectivity index (χ0v) is 29.0. The van der Waals surface area contributed by atoms with Crippen molar-refractivity contribution >= 4 is 11.4 Å². The largest absolute Gasteiger partial charge is 0.496 e. The molecule has 0 saturated carbocycles. The minimum Gasteiger partial charge on any atom is -0.496 e. The van der Waals surface area contributed by atoms with Gasteiger partial charge in [0, 0.05) is 41.9 Å². The predicted octanol–water partition coefficient (Wildman–Crippen LogP) is 10.3. The Kier molecular flexibility index (Phi) is 11.4. The second-order valence-electron chi connectivity index (χ2n) is 12.7. The van der Waals surface area contributed by atoms with Crippen LogP contribution in [-0.4, -0.2) is 36.1 Å². The Labute approximate surface area is 278 Å². The van der Waals surface area contributed by atoms with Crippen molar-refractivity contribution in [3.05, 3.63) is 108 Å². The molecule has 240 valence electrons. The van der Waals surface area contributed by atoms with Gasteiger partial charge in [0.2, 0.25) is 0 Å². The highest BCUT2D eigenvalue weighted by atomic mass is 16.5. The summed E-state index contributed by atoms with van der Waals surface area (Å²) < 4.78 is 5.97. The van der Waals surface area contributed by atoms with Crippen LogP contribution in [0.15, 0.2) is 90.7 Å². The molecular formula is C42H51N3O. The van der Waals surface area contributed by atoms with Gasteiger partial charge < -0.3 is 14.5 Å². The van der Waals surface area contributed by atoms with E-state index in [2.05, 4.69) is 138 Å². The summed E-state index contributed by atoms with van der Waals surface area (Å²) in [6, 6.07) is 18.0. The van der Waals surface area contributed by atoms with Gasteiger partial charge in [-0.3, -0.25) is 0 Å². The Morgan fingerprint density at radius 3 is 2.35 bits per heavy atom. The van der Waals surface area contributed by atoms with E-state index in [1.165, 1.54) is 45.5 Å². The third-order valence-electron chi connectivity index (χ3n) is 9.47. The monoisotopic (exact) mass is 613 g/mol. The third-order valence-corrected chi connectivity index (χ3v) is 9.47. The van der Waals surface area contributed by atoms with Crippen LogP contribution in [0, 0.1) is 25.7 Å². The van der Waals surface area contributed by atoms with Crippen LogP contribution >= 0.6 is 0 Å². The highest BCUT2D eigenvalue weighted by molar-refractivity contribution is 5.81. The average Bonchev–Trinajstić information content (AvgIpc) is 3.31. The normalized spacial score (nSPS) is 17.6. The smallest absolute Gasteiger partial charge is 0.128 e. The number of aryl methyl sites for hydroxylation is 1. The topological polar surface area (TPSA) is 28.6 Å². The average molecular weight is 614 g/mol. The third kappa shape index (κ3) is 7.15. The van der Waals surface area contributed by atoms with E-state index in [1.54, 1.807) is 7.11 Å². The number of aromatic nitrogens is 1. The Morgan fingerprint density at radius 2 is 1.76 bits per heavy atom. The first-order chi connectivity index (χ1) is 22.1. The first kappa shape index (κ1) is 34.4. The molecule has 2 saturated heterocycles. The minimum atomic E-state index is 0.318. The molecule has 0 N–H and O–H groups in total. The van der Waals surface area contributed by atoms with E-state index >= 15 is 0 Å². The molecule has 0 amide bonds. The van der Waals surface area contributed by atoms with Crippen molar-refractivity contribution < 1.29 is 4.74 Å². The highest BCUT2D eigenvalue weighted by Gasteiger charge is 2.35. The van der Waals surface area contributed by atoms with Crippen LogP contribution in [0.4, 0.5) is 5.82 Å². The lowest BCUT2D eigenvalue weighted by Crippen LogP contribution is -2.38. The molecule has 5 rings (SSSR count). The Hall–Kier alpha value is -4.49. The molecule has 2 atom stereocenters. The van der Waals surface area contributed by atoms with Crippen molar-refractivity contribution in [1.29, 1.82) is 0 Å². The molecule has 46 heavy (non-hydrogen) atoms. The number of rotatable bonds is 10. The van der Waals surface area contributed by atoms with Crippen molar-refractivity contribution in [2.24, 2.45) is 5.92 Å². The van der Waals surface area contributed by atoms with Crippen molar-refractivity contribution in [2.45, 2.75) is 73.4 Å². The molecule has 2 aliphatic heterocycles. The number of benzene rings is 2. The number of likely N-dealkylation sites (tertiary alicyclic amines) is 1. The second kappa shape index (κ2) is 15.2. The maximum atomic E-state index is 5.97. The Balaban J connectivity index is 0.00000235. The quantitative estimate of drug-likeness (QED) is 0.168. The van der Waals surface area contributed by atoms with Crippen LogP contribution in [0.3, 0.4) is 0 Å². The standard InChI is InChI=1S/C40H49N3O.C2H2/c1-10-27(5)32-13-15-34(28(6)22-32)33-14-17-39(44-9)37(24-33)35-16-18-40(42-19-12-20-42)41-38(35)25-43-29(7)23-36(30(43)8)31(11-2)21-26(3)4;1-2/h11,13-18,21-22,24,30,36H,5,7,10,12,19-20,23,25H2,1-4,6,8-9H3;1-2H/b31-11+;. The summed E-state index contributed by atoms with van der Waals surface area (Å²) >= 11 is 0. The summed E-state index contributed by atoms with van der Waals surface area (Å²) in [7, 11) is 1.76. The number of anilines is 1.